The van der Waals surface area contributed by atoms with E-state index in [4.69, 9.17) is 17.3 Å². The molecule has 1 aromatic rings. The van der Waals surface area contributed by atoms with Crippen LogP contribution in [0.3, 0.4) is 0 Å². The zero-order valence-electron chi connectivity index (χ0n) is 7.86. The summed E-state index contributed by atoms with van der Waals surface area (Å²) in [5.74, 6) is -0.452. The van der Waals surface area contributed by atoms with Crippen LogP contribution in [-0.2, 0) is 6.42 Å². The number of alkyl halides is 1. The van der Waals surface area contributed by atoms with Crippen molar-refractivity contribution < 1.29 is 8.78 Å². The molecule has 0 fully saturated rings. The van der Waals surface area contributed by atoms with Crippen LogP contribution in [0.4, 0.5) is 8.78 Å². The third-order valence-electron chi connectivity index (χ3n) is 1.99. The van der Waals surface area contributed by atoms with Gasteiger partial charge in [0.2, 0.25) is 0 Å². The van der Waals surface area contributed by atoms with Crippen LogP contribution in [0.25, 0.3) is 0 Å². The van der Waals surface area contributed by atoms with Gasteiger partial charge in [-0.25, -0.2) is 8.78 Å². The summed E-state index contributed by atoms with van der Waals surface area (Å²) in [5, 5.41) is 0.397. The van der Waals surface area contributed by atoms with Gasteiger partial charge in [0.15, 0.2) is 0 Å². The zero-order valence-corrected chi connectivity index (χ0v) is 8.61. The molecular weight excluding hydrogens is 208 g/mol. The van der Waals surface area contributed by atoms with Crippen LogP contribution in [-0.4, -0.2) is 12.2 Å². The topological polar surface area (TPSA) is 26.0 Å². The Hall–Kier alpha value is -0.670. The molecule has 0 aliphatic carbocycles. The Labute approximate surface area is 86.9 Å². The van der Waals surface area contributed by atoms with Crippen molar-refractivity contribution in [1.82, 2.24) is 0 Å². The number of nitrogens with two attached hydrogens (primary N) is 1. The molecule has 0 saturated heterocycles. The van der Waals surface area contributed by atoms with Crippen molar-refractivity contribution in [1.29, 1.82) is 0 Å². The van der Waals surface area contributed by atoms with Gasteiger partial charge in [-0.1, -0.05) is 11.6 Å². The SMILES string of the molecule is CC(F)(CN)Cc1cc(Cl)ccc1F. The van der Waals surface area contributed by atoms with E-state index in [0.717, 1.165) is 0 Å². The first-order valence-electron chi connectivity index (χ1n) is 4.27. The Morgan fingerprint density at radius 1 is 1.50 bits per heavy atom. The van der Waals surface area contributed by atoms with Gasteiger partial charge < -0.3 is 5.73 Å². The zero-order chi connectivity index (χ0) is 10.8. The monoisotopic (exact) mass is 219 g/mol. The van der Waals surface area contributed by atoms with E-state index in [-0.39, 0.29) is 18.5 Å². The van der Waals surface area contributed by atoms with Crippen molar-refractivity contribution in [3.63, 3.8) is 0 Å². The van der Waals surface area contributed by atoms with E-state index in [0.29, 0.717) is 5.02 Å². The van der Waals surface area contributed by atoms with Gasteiger partial charge in [0.1, 0.15) is 11.5 Å². The van der Waals surface area contributed by atoms with Gasteiger partial charge in [0.25, 0.3) is 0 Å². The largest absolute Gasteiger partial charge is 0.328 e. The molecule has 1 aromatic carbocycles. The van der Waals surface area contributed by atoms with Crippen molar-refractivity contribution in [3.05, 3.63) is 34.6 Å². The quantitative estimate of drug-likeness (QED) is 0.831. The first-order chi connectivity index (χ1) is 6.44. The molecule has 0 bridgehead atoms. The highest BCUT2D eigenvalue weighted by molar-refractivity contribution is 6.30. The fraction of sp³-hybridized carbons (Fsp3) is 0.400. The Morgan fingerprint density at radius 3 is 2.71 bits per heavy atom. The van der Waals surface area contributed by atoms with Gasteiger partial charge in [0, 0.05) is 18.0 Å². The predicted molar refractivity (Wildman–Crippen MR) is 53.7 cm³/mol. The van der Waals surface area contributed by atoms with Crippen LogP contribution < -0.4 is 5.73 Å². The van der Waals surface area contributed by atoms with Crippen LogP contribution in [0.1, 0.15) is 12.5 Å². The minimum Gasteiger partial charge on any atom is -0.328 e. The number of benzene rings is 1. The summed E-state index contributed by atoms with van der Waals surface area (Å²) in [5.41, 5.74) is 3.88. The molecule has 0 saturated carbocycles. The van der Waals surface area contributed by atoms with E-state index in [1.54, 1.807) is 0 Å². The first kappa shape index (κ1) is 11.4. The van der Waals surface area contributed by atoms with Gasteiger partial charge in [0.05, 0.1) is 0 Å². The molecular formula is C10H12ClF2N. The standard InChI is InChI=1S/C10H12ClF2N/c1-10(13,6-14)5-7-4-8(11)2-3-9(7)12/h2-4H,5-6,14H2,1H3. The molecule has 2 N–H and O–H groups in total. The van der Waals surface area contributed by atoms with Crippen molar-refractivity contribution >= 4 is 11.6 Å². The number of halogens is 3. The van der Waals surface area contributed by atoms with E-state index >= 15 is 0 Å². The smallest absolute Gasteiger partial charge is 0.126 e. The lowest BCUT2D eigenvalue weighted by Gasteiger charge is -2.18. The summed E-state index contributed by atoms with van der Waals surface area (Å²) in [6.45, 7) is 1.20. The molecule has 0 aliphatic rings. The minimum atomic E-state index is -1.59. The molecule has 0 radical (unpaired) electrons. The van der Waals surface area contributed by atoms with E-state index in [1.807, 2.05) is 0 Å². The minimum absolute atomic E-state index is 0.0596. The summed E-state index contributed by atoms with van der Waals surface area (Å²) >= 11 is 5.67. The Bertz CT molecular complexity index is 326. The van der Waals surface area contributed by atoms with Crippen LogP contribution in [0.15, 0.2) is 18.2 Å². The highest BCUT2D eigenvalue weighted by Crippen LogP contribution is 2.21. The van der Waals surface area contributed by atoms with Crippen LogP contribution in [0.2, 0.25) is 5.02 Å². The normalized spacial score (nSPS) is 15.2. The van der Waals surface area contributed by atoms with Gasteiger partial charge in [-0.2, -0.15) is 0 Å². The maximum Gasteiger partial charge on any atom is 0.126 e. The second kappa shape index (κ2) is 4.24. The van der Waals surface area contributed by atoms with Crippen LogP contribution in [0.5, 0.6) is 0 Å². The Kier molecular flexibility index (Phi) is 3.45. The molecule has 1 nitrogen and oxygen atoms in total. The molecule has 0 aliphatic heterocycles. The third kappa shape index (κ3) is 2.93. The van der Waals surface area contributed by atoms with Gasteiger partial charge in [-0.3, -0.25) is 0 Å². The molecule has 14 heavy (non-hydrogen) atoms. The molecule has 0 amide bonds. The van der Waals surface area contributed by atoms with Gasteiger partial charge in [-0.05, 0) is 30.7 Å². The fourth-order valence-electron chi connectivity index (χ4n) is 1.15. The lowest BCUT2D eigenvalue weighted by Crippen LogP contribution is -2.32. The average molecular weight is 220 g/mol. The second-order valence-electron chi connectivity index (χ2n) is 3.53. The highest BCUT2D eigenvalue weighted by atomic mass is 35.5. The van der Waals surface area contributed by atoms with E-state index in [1.165, 1.54) is 25.1 Å². The lowest BCUT2D eigenvalue weighted by atomic mass is 9.98. The fourth-order valence-corrected chi connectivity index (χ4v) is 1.34. The average Bonchev–Trinajstić information content (AvgIpc) is 2.11. The van der Waals surface area contributed by atoms with Crippen LogP contribution >= 0.6 is 11.6 Å². The summed E-state index contributed by atoms with van der Waals surface area (Å²) in [6.07, 6.45) is -0.0596. The van der Waals surface area contributed by atoms with Crippen molar-refractivity contribution in [2.24, 2.45) is 5.73 Å². The molecule has 0 aromatic heterocycles. The van der Waals surface area contributed by atoms with E-state index in [2.05, 4.69) is 0 Å². The molecule has 1 unspecified atom stereocenters. The van der Waals surface area contributed by atoms with Gasteiger partial charge >= 0.3 is 0 Å². The third-order valence-corrected chi connectivity index (χ3v) is 2.23. The molecule has 0 heterocycles. The number of rotatable bonds is 3. The van der Waals surface area contributed by atoms with Crippen LogP contribution in [0, 0.1) is 5.82 Å². The Balaban J connectivity index is 2.91. The maximum absolute atomic E-state index is 13.5. The Morgan fingerprint density at radius 2 is 2.14 bits per heavy atom. The highest BCUT2D eigenvalue weighted by Gasteiger charge is 2.23. The van der Waals surface area contributed by atoms with E-state index < -0.39 is 11.5 Å². The molecule has 4 heteroatoms. The maximum atomic E-state index is 13.5. The van der Waals surface area contributed by atoms with Crippen molar-refractivity contribution in [3.8, 4) is 0 Å². The molecule has 1 rings (SSSR count). The summed E-state index contributed by atoms with van der Waals surface area (Å²) in [7, 11) is 0. The van der Waals surface area contributed by atoms with E-state index in [9.17, 15) is 8.78 Å². The van der Waals surface area contributed by atoms with Gasteiger partial charge in [-0.15, -0.1) is 0 Å². The second-order valence-corrected chi connectivity index (χ2v) is 3.97. The molecule has 78 valence electrons. The summed E-state index contributed by atoms with van der Waals surface area (Å²) in [6, 6.07) is 4.08. The van der Waals surface area contributed by atoms with Crippen molar-refractivity contribution in [2.45, 2.75) is 19.0 Å². The number of hydrogen-bond donors (Lipinski definition) is 1. The summed E-state index contributed by atoms with van der Waals surface area (Å²) < 4.78 is 26.7. The lowest BCUT2D eigenvalue weighted by molar-refractivity contribution is 0.198. The van der Waals surface area contributed by atoms with Crippen molar-refractivity contribution in [2.75, 3.05) is 6.54 Å². The molecule has 0 spiro atoms. The summed E-state index contributed by atoms with van der Waals surface area (Å²) in [4.78, 5) is 0. The first-order valence-corrected chi connectivity index (χ1v) is 4.65. The molecule has 1 atom stereocenters. The number of hydrogen-bond acceptors (Lipinski definition) is 1. The predicted octanol–water partition coefficient (Wildman–Crippen LogP) is 2.71.